The van der Waals surface area contributed by atoms with E-state index in [-0.39, 0.29) is 17.9 Å². The van der Waals surface area contributed by atoms with E-state index in [2.05, 4.69) is 10.4 Å². The van der Waals surface area contributed by atoms with Crippen LogP contribution in [0.25, 0.3) is 5.69 Å². The van der Waals surface area contributed by atoms with Crippen molar-refractivity contribution in [2.24, 2.45) is 0 Å². The second-order valence-electron chi connectivity index (χ2n) is 5.48. The molecule has 6 nitrogen and oxygen atoms in total. The molecule has 0 radical (unpaired) electrons. The van der Waals surface area contributed by atoms with Crippen LogP contribution in [-0.4, -0.2) is 33.4 Å². The van der Waals surface area contributed by atoms with Crippen LogP contribution in [0.4, 0.5) is 13.2 Å². The van der Waals surface area contributed by atoms with Crippen LogP contribution in [0.5, 0.6) is 0 Å². The first kappa shape index (κ1) is 18.7. The number of carbonyl (C=O) groups excluding carboxylic acids is 1. The lowest BCUT2D eigenvalue weighted by Crippen LogP contribution is -2.35. The van der Waals surface area contributed by atoms with Gasteiger partial charge in [0, 0.05) is 18.3 Å². The molecule has 1 atom stereocenters. The van der Waals surface area contributed by atoms with Gasteiger partial charge in [0.15, 0.2) is 5.69 Å². The van der Waals surface area contributed by atoms with Crippen molar-refractivity contribution in [3.63, 3.8) is 0 Å². The summed E-state index contributed by atoms with van der Waals surface area (Å²) in [7, 11) is 0. The van der Waals surface area contributed by atoms with Gasteiger partial charge in [0.25, 0.3) is 5.91 Å². The molecule has 1 amide bonds. The van der Waals surface area contributed by atoms with Gasteiger partial charge in [-0.2, -0.15) is 18.3 Å². The highest BCUT2D eigenvalue weighted by Crippen LogP contribution is 2.33. The van der Waals surface area contributed by atoms with Crippen molar-refractivity contribution in [2.45, 2.75) is 26.1 Å². The summed E-state index contributed by atoms with van der Waals surface area (Å²) in [6.07, 6.45) is -5.47. The maximum Gasteiger partial charge on any atom is 0.418 e. The van der Waals surface area contributed by atoms with Gasteiger partial charge in [-0.15, -0.1) is 0 Å². The van der Waals surface area contributed by atoms with Crippen LogP contribution in [0, 0.1) is 6.92 Å². The third-order valence-corrected chi connectivity index (χ3v) is 3.32. The molecule has 1 aromatic heterocycles. The molecular formula is C16H16F3N3O3. The van der Waals surface area contributed by atoms with E-state index in [1.165, 1.54) is 32.0 Å². The van der Waals surface area contributed by atoms with Crippen LogP contribution in [-0.2, 0) is 6.18 Å². The zero-order valence-corrected chi connectivity index (χ0v) is 13.5. The summed E-state index contributed by atoms with van der Waals surface area (Å²) in [5.41, 5.74) is -2.36. The Bertz CT molecular complexity index is 844. The first-order chi connectivity index (χ1) is 11.6. The van der Waals surface area contributed by atoms with Gasteiger partial charge in [-0.25, -0.2) is 4.68 Å². The van der Waals surface area contributed by atoms with Gasteiger partial charge in [-0.1, -0.05) is 12.1 Å². The number of hydrogen-bond acceptors (Lipinski definition) is 4. The molecule has 0 saturated heterocycles. The van der Waals surface area contributed by atoms with Gasteiger partial charge in [0.05, 0.1) is 17.4 Å². The fraction of sp³-hybridized carbons (Fsp3) is 0.312. The van der Waals surface area contributed by atoms with E-state index in [1.807, 2.05) is 0 Å². The van der Waals surface area contributed by atoms with Crippen LogP contribution in [0.2, 0.25) is 0 Å². The first-order valence-corrected chi connectivity index (χ1v) is 7.35. The molecule has 1 aromatic carbocycles. The standard InChI is InChI=1S/C16H16F3N3O3/c1-9-7-13(24)14(15(25)20-8-10(2)23)21-22(9)12-6-4-3-5-11(12)16(17,18)19/h3-7,10,23H,8H2,1-2H3,(H,20,25). The number of para-hydroxylation sites is 1. The van der Waals surface area contributed by atoms with Crippen molar-refractivity contribution in [2.75, 3.05) is 6.54 Å². The van der Waals surface area contributed by atoms with Gasteiger partial charge >= 0.3 is 6.18 Å². The molecule has 25 heavy (non-hydrogen) atoms. The number of amides is 1. The quantitative estimate of drug-likeness (QED) is 0.874. The number of hydrogen-bond donors (Lipinski definition) is 2. The highest BCUT2D eigenvalue weighted by atomic mass is 19.4. The van der Waals surface area contributed by atoms with E-state index in [4.69, 9.17) is 0 Å². The molecule has 1 unspecified atom stereocenters. The van der Waals surface area contributed by atoms with E-state index in [1.54, 1.807) is 0 Å². The Morgan fingerprint density at radius 3 is 2.60 bits per heavy atom. The topological polar surface area (TPSA) is 84.2 Å². The summed E-state index contributed by atoms with van der Waals surface area (Å²) in [6, 6.07) is 5.77. The Morgan fingerprint density at radius 1 is 1.36 bits per heavy atom. The van der Waals surface area contributed by atoms with Crippen LogP contribution in [0.15, 0.2) is 35.1 Å². The lowest BCUT2D eigenvalue weighted by Gasteiger charge is -2.16. The van der Waals surface area contributed by atoms with E-state index in [0.29, 0.717) is 0 Å². The summed E-state index contributed by atoms with van der Waals surface area (Å²) in [6.45, 7) is 2.73. The van der Waals surface area contributed by atoms with E-state index >= 15 is 0 Å². The summed E-state index contributed by atoms with van der Waals surface area (Å²) in [5.74, 6) is -0.871. The molecule has 2 aromatic rings. The van der Waals surface area contributed by atoms with Crippen LogP contribution >= 0.6 is 0 Å². The highest BCUT2D eigenvalue weighted by Gasteiger charge is 2.34. The average molecular weight is 355 g/mol. The zero-order chi connectivity index (χ0) is 18.8. The van der Waals surface area contributed by atoms with E-state index in [0.717, 1.165) is 16.8 Å². The average Bonchev–Trinajstić information content (AvgIpc) is 2.52. The maximum absolute atomic E-state index is 13.2. The molecule has 0 aliphatic heterocycles. The van der Waals surface area contributed by atoms with Gasteiger partial charge in [0.1, 0.15) is 0 Å². The number of aliphatic hydroxyl groups is 1. The molecule has 0 fully saturated rings. The van der Waals surface area contributed by atoms with Crippen LogP contribution < -0.4 is 10.7 Å². The molecule has 0 saturated carbocycles. The zero-order valence-electron chi connectivity index (χ0n) is 13.5. The van der Waals surface area contributed by atoms with E-state index < -0.39 is 34.9 Å². The lowest BCUT2D eigenvalue weighted by atomic mass is 10.1. The second-order valence-corrected chi connectivity index (χ2v) is 5.48. The minimum absolute atomic E-state index is 0.118. The fourth-order valence-electron chi connectivity index (χ4n) is 2.17. The molecule has 0 spiro atoms. The third kappa shape index (κ3) is 4.24. The number of aromatic nitrogens is 2. The van der Waals surface area contributed by atoms with E-state index in [9.17, 15) is 27.9 Å². The number of carbonyl (C=O) groups is 1. The molecule has 2 rings (SSSR count). The number of halogens is 3. The molecule has 9 heteroatoms. The Morgan fingerprint density at radius 2 is 2.00 bits per heavy atom. The van der Waals surface area contributed by atoms with Gasteiger partial charge in [-0.05, 0) is 26.0 Å². The van der Waals surface area contributed by atoms with Gasteiger partial charge in [0.2, 0.25) is 5.43 Å². The molecule has 0 bridgehead atoms. The van der Waals surface area contributed by atoms with Crippen LogP contribution in [0.3, 0.4) is 0 Å². The number of benzene rings is 1. The number of alkyl halides is 3. The van der Waals surface area contributed by atoms with Crippen molar-refractivity contribution in [3.8, 4) is 5.69 Å². The predicted molar refractivity (Wildman–Crippen MR) is 83.6 cm³/mol. The Kier molecular flexibility index (Phi) is 5.27. The van der Waals surface area contributed by atoms with Crippen molar-refractivity contribution >= 4 is 5.91 Å². The predicted octanol–water partition coefficient (Wildman–Crippen LogP) is 1.67. The second kappa shape index (κ2) is 7.06. The monoisotopic (exact) mass is 355 g/mol. The summed E-state index contributed by atoms with van der Waals surface area (Å²) in [5, 5.41) is 15.3. The Balaban J connectivity index is 2.56. The summed E-state index contributed by atoms with van der Waals surface area (Å²) >= 11 is 0. The summed E-state index contributed by atoms with van der Waals surface area (Å²) < 4.78 is 40.5. The SMILES string of the molecule is Cc1cc(=O)c(C(=O)NCC(C)O)nn1-c1ccccc1C(F)(F)F. The van der Waals surface area contributed by atoms with Crippen molar-refractivity contribution in [1.82, 2.24) is 15.1 Å². The van der Waals surface area contributed by atoms with Crippen molar-refractivity contribution < 1.29 is 23.1 Å². The molecule has 0 aliphatic carbocycles. The van der Waals surface area contributed by atoms with Gasteiger partial charge in [-0.3, -0.25) is 9.59 Å². The Labute approximate surface area is 140 Å². The number of nitrogens with zero attached hydrogens (tertiary/aromatic N) is 2. The molecule has 1 heterocycles. The molecule has 0 aliphatic rings. The minimum Gasteiger partial charge on any atom is -0.392 e. The maximum atomic E-state index is 13.2. The fourth-order valence-corrected chi connectivity index (χ4v) is 2.17. The van der Waals surface area contributed by atoms with Crippen molar-refractivity contribution in [1.29, 1.82) is 0 Å². The summed E-state index contributed by atoms with van der Waals surface area (Å²) in [4.78, 5) is 24.0. The molecular weight excluding hydrogens is 339 g/mol. The number of aryl methyl sites for hydroxylation is 1. The molecule has 2 N–H and O–H groups in total. The highest BCUT2D eigenvalue weighted by molar-refractivity contribution is 5.92. The number of nitrogens with one attached hydrogen (secondary N) is 1. The third-order valence-electron chi connectivity index (χ3n) is 3.32. The smallest absolute Gasteiger partial charge is 0.392 e. The Hall–Kier alpha value is -2.68. The number of aliphatic hydroxyl groups excluding tert-OH is 1. The first-order valence-electron chi connectivity index (χ1n) is 7.35. The molecule has 134 valence electrons. The normalized spacial score (nSPS) is 12.7. The lowest BCUT2D eigenvalue weighted by molar-refractivity contribution is -0.137. The van der Waals surface area contributed by atoms with Gasteiger partial charge < -0.3 is 10.4 Å². The number of rotatable bonds is 4. The minimum atomic E-state index is -4.62. The van der Waals surface area contributed by atoms with Crippen molar-refractivity contribution in [3.05, 3.63) is 57.5 Å². The van der Waals surface area contributed by atoms with Crippen LogP contribution in [0.1, 0.15) is 28.7 Å². The largest absolute Gasteiger partial charge is 0.418 e.